The van der Waals surface area contributed by atoms with Crippen LogP contribution >= 0.6 is 0 Å². The van der Waals surface area contributed by atoms with E-state index in [1.54, 1.807) is 0 Å². The molecule has 1 aliphatic carbocycles. The van der Waals surface area contributed by atoms with E-state index in [4.69, 9.17) is 0 Å². The fourth-order valence-electron chi connectivity index (χ4n) is 2.05. The molecule has 0 bridgehead atoms. The Morgan fingerprint density at radius 1 is 1.25 bits per heavy atom. The third-order valence-corrected chi connectivity index (χ3v) is 3.10. The zero-order valence-electron chi connectivity index (χ0n) is 8.21. The molecule has 2 nitrogen and oxygen atoms in total. The van der Waals surface area contributed by atoms with Crippen LogP contribution in [0.2, 0.25) is 0 Å². The molecule has 1 rings (SSSR count). The van der Waals surface area contributed by atoms with Crippen molar-refractivity contribution in [3.05, 3.63) is 0 Å². The van der Waals surface area contributed by atoms with Crippen molar-refractivity contribution >= 4 is 0 Å². The average molecular weight is 171 g/mol. The van der Waals surface area contributed by atoms with Crippen LogP contribution in [-0.2, 0) is 0 Å². The van der Waals surface area contributed by atoms with Gasteiger partial charge in [0.2, 0.25) is 0 Å². The molecule has 1 fully saturated rings. The Bertz CT molecular complexity index is 121. The van der Waals surface area contributed by atoms with Crippen LogP contribution in [0.25, 0.3) is 0 Å². The van der Waals surface area contributed by atoms with E-state index in [1.165, 1.54) is 32.1 Å². The lowest BCUT2D eigenvalue weighted by Gasteiger charge is -2.30. The summed E-state index contributed by atoms with van der Waals surface area (Å²) < 4.78 is 0. The molecule has 2 atom stereocenters. The van der Waals surface area contributed by atoms with E-state index < -0.39 is 0 Å². The third-order valence-electron chi connectivity index (χ3n) is 3.10. The average Bonchev–Trinajstić information content (AvgIpc) is 2.17. The lowest BCUT2D eigenvalue weighted by atomic mass is 9.83. The zero-order valence-corrected chi connectivity index (χ0v) is 8.21. The highest BCUT2D eigenvalue weighted by Gasteiger charge is 2.24. The highest BCUT2D eigenvalue weighted by atomic mass is 16.3. The van der Waals surface area contributed by atoms with E-state index in [0.717, 1.165) is 0 Å². The van der Waals surface area contributed by atoms with Gasteiger partial charge in [-0.15, -0.1) is 0 Å². The first kappa shape index (κ1) is 10.0. The van der Waals surface area contributed by atoms with Crippen molar-refractivity contribution in [3.8, 4) is 0 Å². The lowest BCUT2D eigenvalue weighted by Crippen LogP contribution is -2.40. The molecule has 2 heteroatoms. The SMILES string of the molecule is CN[C@@H](C)[C@H](O)C1CCCCC1. The molecule has 72 valence electrons. The lowest BCUT2D eigenvalue weighted by molar-refractivity contribution is 0.0580. The maximum Gasteiger partial charge on any atom is 0.0718 e. The molecule has 0 unspecified atom stereocenters. The Balaban J connectivity index is 2.33. The van der Waals surface area contributed by atoms with Gasteiger partial charge in [0.1, 0.15) is 0 Å². The maximum absolute atomic E-state index is 9.88. The van der Waals surface area contributed by atoms with Gasteiger partial charge in [-0.1, -0.05) is 19.3 Å². The van der Waals surface area contributed by atoms with Crippen molar-refractivity contribution in [1.29, 1.82) is 0 Å². The Kier molecular flexibility index (Phi) is 4.02. The molecule has 0 aromatic rings. The second kappa shape index (κ2) is 4.83. The number of likely N-dealkylation sites (N-methyl/N-ethyl adjacent to an activating group) is 1. The summed E-state index contributed by atoms with van der Waals surface area (Å²) in [5, 5.41) is 13.0. The molecule has 0 aromatic carbocycles. The van der Waals surface area contributed by atoms with Crippen LogP contribution in [0, 0.1) is 5.92 Å². The van der Waals surface area contributed by atoms with Gasteiger partial charge in [-0.25, -0.2) is 0 Å². The van der Waals surface area contributed by atoms with Gasteiger partial charge in [0.05, 0.1) is 6.10 Å². The number of hydrogen-bond donors (Lipinski definition) is 2. The second-order valence-electron chi connectivity index (χ2n) is 3.97. The molecule has 0 aliphatic heterocycles. The molecule has 12 heavy (non-hydrogen) atoms. The highest BCUT2D eigenvalue weighted by molar-refractivity contribution is 4.79. The standard InChI is InChI=1S/C10H21NO/c1-8(11-2)10(12)9-6-4-3-5-7-9/h8-12H,3-7H2,1-2H3/t8-,10-/m0/s1. The van der Waals surface area contributed by atoms with E-state index in [1.807, 2.05) is 7.05 Å². The topological polar surface area (TPSA) is 32.3 Å². The van der Waals surface area contributed by atoms with Gasteiger partial charge >= 0.3 is 0 Å². The summed E-state index contributed by atoms with van der Waals surface area (Å²) >= 11 is 0. The normalized spacial score (nSPS) is 25.2. The molecule has 1 saturated carbocycles. The fourth-order valence-corrected chi connectivity index (χ4v) is 2.05. The third kappa shape index (κ3) is 2.46. The van der Waals surface area contributed by atoms with Crippen molar-refractivity contribution in [2.24, 2.45) is 5.92 Å². The Morgan fingerprint density at radius 2 is 1.83 bits per heavy atom. The maximum atomic E-state index is 9.88. The number of aliphatic hydroxyl groups excluding tert-OH is 1. The van der Waals surface area contributed by atoms with Crippen LogP contribution in [0.4, 0.5) is 0 Å². The van der Waals surface area contributed by atoms with Crippen LogP contribution in [0.5, 0.6) is 0 Å². The molecule has 0 saturated heterocycles. The van der Waals surface area contributed by atoms with E-state index in [0.29, 0.717) is 5.92 Å². The van der Waals surface area contributed by atoms with Crippen LogP contribution in [0.1, 0.15) is 39.0 Å². The van der Waals surface area contributed by atoms with E-state index in [9.17, 15) is 5.11 Å². The number of rotatable bonds is 3. The Labute approximate surface area is 75.4 Å². The minimum absolute atomic E-state index is 0.143. The van der Waals surface area contributed by atoms with Crippen LogP contribution in [0.15, 0.2) is 0 Å². The number of hydrogen-bond acceptors (Lipinski definition) is 2. The first-order valence-corrected chi connectivity index (χ1v) is 5.11. The fraction of sp³-hybridized carbons (Fsp3) is 1.00. The van der Waals surface area contributed by atoms with Crippen molar-refractivity contribution in [1.82, 2.24) is 5.32 Å². The van der Waals surface area contributed by atoms with E-state index in [2.05, 4.69) is 12.2 Å². The van der Waals surface area contributed by atoms with Gasteiger partial charge in [0.25, 0.3) is 0 Å². The summed E-state index contributed by atoms with van der Waals surface area (Å²) in [6.07, 6.45) is 6.25. The largest absolute Gasteiger partial charge is 0.391 e. The summed E-state index contributed by atoms with van der Waals surface area (Å²) in [5.41, 5.74) is 0. The summed E-state index contributed by atoms with van der Waals surface area (Å²) in [7, 11) is 1.91. The summed E-state index contributed by atoms with van der Waals surface area (Å²) in [6, 6.07) is 0.244. The van der Waals surface area contributed by atoms with Crippen molar-refractivity contribution in [3.63, 3.8) is 0 Å². The number of aliphatic hydroxyl groups is 1. The molecule has 0 spiro atoms. The molecule has 0 amide bonds. The molecular formula is C10H21NO. The second-order valence-corrected chi connectivity index (χ2v) is 3.97. The van der Waals surface area contributed by atoms with Crippen LogP contribution in [-0.4, -0.2) is 24.3 Å². The minimum atomic E-state index is -0.143. The zero-order chi connectivity index (χ0) is 8.97. The van der Waals surface area contributed by atoms with Gasteiger partial charge in [0.15, 0.2) is 0 Å². The summed E-state index contributed by atoms with van der Waals surface area (Å²) in [4.78, 5) is 0. The predicted octanol–water partition coefficient (Wildman–Crippen LogP) is 1.54. The smallest absolute Gasteiger partial charge is 0.0718 e. The van der Waals surface area contributed by atoms with Gasteiger partial charge in [-0.05, 0) is 32.7 Å². The van der Waals surface area contributed by atoms with Crippen molar-refractivity contribution in [2.75, 3.05) is 7.05 Å². The van der Waals surface area contributed by atoms with Crippen LogP contribution in [0.3, 0.4) is 0 Å². The van der Waals surface area contributed by atoms with E-state index >= 15 is 0 Å². The van der Waals surface area contributed by atoms with Gasteiger partial charge in [-0.3, -0.25) is 0 Å². The first-order valence-electron chi connectivity index (χ1n) is 5.11. The monoisotopic (exact) mass is 171 g/mol. The molecule has 1 aliphatic rings. The summed E-state index contributed by atoms with van der Waals surface area (Å²) in [5.74, 6) is 0.543. The Hall–Kier alpha value is -0.0800. The summed E-state index contributed by atoms with van der Waals surface area (Å²) in [6.45, 7) is 2.05. The minimum Gasteiger partial charge on any atom is -0.391 e. The van der Waals surface area contributed by atoms with E-state index in [-0.39, 0.29) is 12.1 Å². The predicted molar refractivity (Wildman–Crippen MR) is 51.1 cm³/mol. The van der Waals surface area contributed by atoms with Crippen molar-refractivity contribution < 1.29 is 5.11 Å². The molecular weight excluding hydrogens is 150 g/mol. The number of nitrogens with one attached hydrogen (secondary N) is 1. The molecule has 0 radical (unpaired) electrons. The van der Waals surface area contributed by atoms with Crippen molar-refractivity contribution in [2.45, 2.75) is 51.2 Å². The molecule has 0 heterocycles. The Morgan fingerprint density at radius 3 is 2.33 bits per heavy atom. The quantitative estimate of drug-likeness (QED) is 0.675. The van der Waals surface area contributed by atoms with Crippen LogP contribution < -0.4 is 5.32 Å². The molecule has 0 aromatic heterocycles. The first-order chi connectivity index (χ1) is 5.75. The molecule has 2 N–H and O–H groups in total. The highest BCUT2D eigenvalue weighted by Crippen LogP contribution is 2.27. The van der Waals surface area contributed by atoms with Gasteiger partial charge in [-0.2, -0.15) is 0 Å². The van der Waals surface area contributed by atoms with Gasteiger partial charge in [0, 0.05) is 6.04 Å². The van der Waals surface area contributed by atoms with Gasteiger partial charge < -0.3 is 10.4 Å².